The summed E-state index contributed by atoms with van der Waals surface area (Å²) in [5, 5.41) is 4.01. The summed E-state index contributed by atoms with van der Waals surface area (Å²) in [4.78, 5) is 14.3. The van der Waals surface area contributed by atoms with Crippen molar-refractivity contribution in [3.63, 3.8) is 0 Å². The van der Waals surface area contributed by atoms with Gasteiger partial charge >= 0.3 is 0 Å². The Labute approximate surface area is 142 Å². The number of benzene rings is 2. The molecule has 1 N–H and O–H groups in total. The lowest BCUT2D eigenvalue weighted by atomic mass is 10.2. The molecule has 2 aromatic carbocycles. The number of carbonyl (C=O) groups excluding carboxylic acids is 1. The van der Waals surface area contributed by atoms with Crippen LogP contribution in [0.4, 0.5) is 5.69 Å². The zero-order valence-corrected chi connectivity index (χ0v) is 14.3. The van der Waals surface area contributed by atoms with E-state index in [2.05, 4.69) is 41.4 Å². The maximum Gasteiger partial charge on any atom is 0.271 e. The SMILES string of the molecule is CCN(CC)c1ccc(C=NNC(=O)c2cccc(OC)c2)cc1. The highest BCUT2D eigenvalue weighted by molar-refractivity contribution is 5.95. The molecule has 2 aromatic rings. The van der Waals surface area contributed by atoms with Gasteiger partial charge in [-0.2, -0.15) is 5.10 Å². The van der Waals surface area contributed by atoms with Gasteiger partial charge in [-0.15, -0.1) is 0 Å². The molecule has 5 heteroatoms. The molecule has 0 aliphatic carbocycles. The molecule has 0 bridgehead atoms. The van der Waals surface area contributed by atoms with Crippen LogP contribution in [-0.4, -0.2) is 32.3 Å². The number of anilines is 1. The highest BCUT2D eigenvalue weighted by Crippen LogP contribution is 2.14. The van der Waals surface area contributed by atoms with Gasteiger partial charge in [0.1, 0.15) is 5.75 Å². The highest BCUT2D eigenvalue weighted by Gasteiger charge is 2.05. The van der Waals surface area contributed by atoms with Crippen molar-refractivity contribution in [2.75, 3.05) is 25.1 Å². The maximum absolute atomic E-state index is 12.0. The first-order chi connectivity index (χ1) is 11.7. The Balaban J connectivity index is 1.97. The fourth-order valence-corrected chi connectivity index (χ4v) is 2.35. The van der Waals surface area contributed by atoms with E-state index in [-0.39, 0.29) is 5.91 Å². The molecule has 0 radical (unpaired) electrons. The molecule has 0 spiro atoms. The van der Waals surface area contributed by atoms with Crippen LogP contribution in [0.15, 0.2) is 53.6 Å². The van der Waals surface area contributed by atoms with Crippen molar-refractivity contribution >= 4 is 17.8 Å². The summed E-state index contributed by atoms with van der Waals surface area (Å²) in [5.74, 6) is 0.364. The average Bonchev–Trinajstić information content (AvgIpc) is 2.64. The summed E-state index contributed by atoms with van der Waals surface area (Å²) in [6, 6.07) is 15.0. The van der Waals surface area contributed by atoms with Gasteiger partial charge < -0.3 is 9.64 Å². The van der Waals surface area contributed by atoms with Crippen LogP contribution in [0.3, 0.4) is 0 Å². The van der Waals surface area contributed by atoms with Gasteiger partial charge in [0, 0.05) is 24.3 Å². The predicted molar refractivity (Wildman–Crippen MR) is 98.1 cm³/mol. The molecular formula is C19H23N3O2. The van der Waals surface area contributed by atoms with E-state index in [1.165, 1.54) is 5.69 Å². The summed E-state index contributed by atoms with van der Waals surface area (Å²) in [5.41, 5.74) is 5.13. The van der Waals surface area contributed by atoms with Crippen LogP contribution in [0.1, 0.15) is 29.8 Å². The van der Waals surface area contributed by atoms with E-state index in [4.69, 9.17) is 4.74 Å². The van der Waals surface area contributed by atoms with Crippen molar-refractivity contribution in [3.8, 4) is 5.75 Å². The number of methoxy groups -OCH3 is 1. The zero-order valence-electron chi connectivity index (χ0n) is 14.3. The van der Waals surface area contributed by atoms with E-state index < -0.39 is 0 Å². The molecule has 0 aliphatic heterocycles. The quantitative estimate of drug-likeness (QED) is 0.628. The summed E-state index contributed by atoms with van der Waals surface area (Å²) in [6.07, 6.45) is 1.63. The van der Waals surface area contributed by atoms with Crippen molar-refractivity contribution in [2.24, 2.45) is 5.10 Å². The number of hydrogen-bond donors (Lipinski definition) is 1. The van der Waals surface area contributed by atoms with Crippen molar-refractivity contribution in [2.45, 2.75) is 13.8 Å². The molecule has 126 valence electrons. The third-order valence-corrected chi connectivity index (χ3v) is 3.73. The number of hydrogen-bond acceptors (Lipinski definition) is 4. The van der Waals surface area contributed by atoms with E-state index in [0.29, 0.717) is 11.3 Å². The van der Waals surface area contributed by atoms with E-state index >= 15 is 0 Å². The fourth-order valence-electron chi connectivity index (χ4n) is 2.35. The van der Waals surface area contributed by atoms with Gasteiger partial charge in [-0.25, -0.2) is 5.43 Å². The lowest BCUT2D eigenvalue weighted by Gasteiger charge is -2.20. The third-order valence-electron chi connectivity index (χ3n) is 3.73. The van der Waals surface area contributed by atoms with Crippen LogP contribution < -0.4 is 15.1 Å². The summed E-state index contributed by atoms with van der Waals surface area (Å²) in [7, 11) is 1.57. The van der Waals surface area contributed by atoms with Gasteiger partial charge in [0.2, 0.25) is 0 Å². The smallest absolute Gasteiger partial charge is 0.271 e. The number of nitrogens with zero attached hydrogens (tertiary/aromatic N) is 2. The molecule has 0 aliphatic rings. The van der Waals surface area contributed by atoms with E-state index in [9.17, 15) is 4.79 Å². The van der Waals surface area contributed by atoms with Gasteiger partial charge in [0.15, 0.2) is 0 Å². The zero-order chi connectivity index (χ0) is 17.4. The second kappa shape index (κ2) is 8.72. The Morgan fingerprint density at radius 3 is 2.50 bits per heavy atom. The number of carbonyl (C=O) groups is 1. The van der Waals surface area contributed by atoms with Crippen molar-refractivity contribution in [1.29, 1.82) is 0 Å². The summed E-state index contributed by atoms with van der Waals surface area (Å²) >= 11 is 0. The molecule has 24 heavy (non-hydrogen) atoms. The number of hydrazone groups is 1. The molecule has 0 fully saturated rings. The van der Waals surface area contributed by atoms with Crippen LogP contribution in [0, 0.1) is 0 Å². The molecule has 0 aromatic heterocycles. The fraction of sp³-hybridized carbons (Fsp3) is 0.263. The maximum atomic E-state index is 12.0. The highest BCUT2D eigenvalue weighted by atomic mass is 16.5. The number of nitrogens with one attached hydrogen (secondary N) is 1. The van der Waals surface area contributed by atoms with E-state index in [1.807, 2.05) is 12.1 Å². The summed E-state index contributed by atoms with van der Waals surface area (Å²) < 4.78 is 5.11. The van der Waals surface area contributed by atoms with Crippen LogP contribution in [0.5, 0.6) is 5.75 Å². The molecule has 0 unspecified atom stereocenters. The van der Waals surface area contributed by atoms with Crippen molar-refractivity contribution in [3.05, 3.63) is 59.7 Å². The molecule has 5 nitrogen and oxygen atoms in total. The van der Waals surface area contributed by atoms with Crippen LogP contribution in [0.25, 0.3) is 0 Å². The molecular weight excluding hydrogens is 302 g/mol. The molecule has 0 atom stereocenters. The van der Waals surface area contributed by atoms with Gasteiger partial charge in [0.05, 0.1) is 13.3 Å². The van der Waals surface area contributed by atoms with Gasteiger partial charge in [-0.1, -0.05) is 18.2 Å². The van der Waals surface area contributed by atoms with Crippen LogP contribution >= 0.6 is 0 Å². The first-order valence-corrected chi connectivity index (χ1v) is 8.00. The summed E-state index contributed by atoms with van der Waals surface area (Å²) in [6.45, 7) is 6.21. The van der Waals surface area contributed by atoms with Gasteiger partial charge in [-0.3, -0.25) is 4.79 Å². The minimum Gasteiger partial charge on any atom is -0.497 e. The lowest BCUT2D eigenvalue weighted by Crippen LogP contribution is -2.21. The van der Waals surface area contributed by atoms with Crippen molar-refractivity contribution in [1.82, 2.24) is 5.43 Å². The van der Waals surface area contributed by atoms with Crippen LogP contribution in [0.2, 0.25) is 0 Å². The minimum absolute atomic E-state index is 0.273. The molecule has 0 saturated heterocycles. The standard InChI is InChI=1S/C19H23N3O2/c1-4-22(5-2)17-11-9-15(10-12-17)14-20-21-19(23)16-7-6-8-18(13-16)24-3/h6-14H,4-5H2,1-3H3,(H,21,23). The Morgan fingerprint density at radius 1 is 1.17 bits per heavy atom. The number of amides is 1. The number of ether oxygens (including phenoxy) is 1. The van der Waals surface area contributed by atoms with Crippen molar-refractivity contribution < 1.29 is 9.53 Å². The molecule has 0 saturated carbocycles. The Hall–Kier alpha value is -2.82. The minimum atomic E-state index is -0.273. The monoisotopic (exact) mass is 325 g/mol. The van der Waals surface area contributed by atoms with Gasteiger partial charge in [0.25, 0.3) is 5.91 Å². The molecule has 0 heterocycles. The lowest BCUT2D eigenvalue weighted by molar-refractivity contribution is 0.0955. The third kappa shape index (κ3) is 4.59. The average molecular weight is 325 g/mol. The predicted octanol–water partition coefficient (Wildman–Crippen LogP) is 3.31. The second-order valence-corrected chi connectivity index (χ2v) is 5.19. The van der Waals surface area contributed by atoms with Crippen LogP contribution in [-0.2, 0) is 0 Å². The Morgan fingerprint density at radius 2 is 1.88 bits per heavy atom. The largest absolute Gasteiger partial charge is 0.497 e. The van der Waals surface area contributed by atoms with E-state index in [0.717, 1.165) is 18.7 Å². The normalized spacial score (nSPS) is 10.6. The first kappa shape index (κ1) is 17.5. The van der Waals surface area contributed by atoms with E-state index in [1.54, 1.807) is 37.6 Å². The topological polar surface area (TPSA) is 53.9 Å². The Bertz CT molecular complexity index is 692. The number of rotatable bonds is 7. The second-order valence-electron chi connectivity index (χ2n) is 5.19. The molecule has 1 amide bonds. The van der Waals surface area contributed by atoms with Gasteiger partial charge in [-0.05, 0) is 49.7 Å². The Kier molecular flexibility index (Phi) is 6.37. The molecule has 2 rings (SSSR count). The first-order valence-electron chi connectivity index (χ1n) is 8.00.